The van der Waals surface area contributed by atoms with Crippen LogP contribution in [0.4, 0.5) is 0 Å². The molecule has 0 aliphatic rings. The third-order valence-electron chi connectivity index (χ3n) is 4.76. The molecule has 0 saturated heterocycles. The highest BCUT2D eigenvalue weighted by atomic mass is 35.5. The monoisotopic (exact) mass is 419 g/mol. The number of hydrogen-bond acceptors (Lipinski definition) is 4. The molecule has 0 bridgehead atoms. The van der Waals surface area contributed by atoms with Gasteiger partial charge in [-0.05, 0) is 29.8 Å². The van der Waals surface area contributed by atoms with E-state index in [1.165, 1.54) is 15.0 Å². The Hall–Kier alpha value is -3.71. The number of halogens is 1. The number of carbonyl (C=O) groups excluding carboxylic acids is 1. The molecule has 8 heteroatoms. The molecule has 7 nitrogen and oxygen atoms in total. The minimum Gasteiger partial charge on any atom is -0.348 e. The number of benzene rings is 1. The predicted molar refractivity (Wildman–Crippen MR) is 116 cm³/mol. The summed E-state index contributed by atoms with van der Waals surface area (Å²) in [7, 11) is 0. The maximum atomic E-state index is 13.1. The quantitative estimate of drug-likeness (QED) is 0.385. The maximum Gasteiger partial charge on any atom is 0.267 e. The molecular formula is C22H18ClN5O2. The maximum absolute atomic E-state index is 13.1. The molecule has 0 spiro atoms. The number of aromatic nitrogens is 3. The summed E-state index contributed by atoms with van der Waals surface area (Å²) < 4.78 is 2.95. The molecule has 0 atom stereocenters. The van der Waals surface area contributed by atoms with Crippen LogP contribution in [0, 0.1) is 5.41 Å². The van der Waals surface area contributed by atoms with Gasteiger partial charge in [-0.25, -0.2) is 4.98 Å². The van der Waals surface area contributed by atoms with Gasteiger partial charge in [-0.15, -0.1) is 6.58 Å². The van der Waals surface area contributed by atoms with E-state index in [2.05, 4.69) is 16.9 Å². The van der Waals surface area contributed by atoms with Crippen molar-refractivity contribution in [1.82, 2.24) is 19.3 Å². The molecule has 30 heavy (non-hydrogen) atoms. The van der Waals surface area contributed by atoms with Gasteiger partial charge in [0.15, 0.2) is 0 Å². The second-order valence-electron chi connectivity index (χ2n) is 6.67. The Bertz CT molecular complexity index is 1420. The lowest BCUT2D eigenvalue weighted by atomic mass is 10.1. The number of nitrogens with one attached hydrogen (secondary N) is 2. The van der Waals surface area contributed by atoms with Crippen molar-refractivity contribution >= 4 is 34.2 Å². The van der Waals surface area contributed by atoms with E-state index in [0.717, 1.165) is 5.56 Å². The summed E-state index contributed by atoms with van der Waals surface area (Å²) in [5.74, 6) is -0.465. The first-order chi connectivity index (χ1) is 14.5. The molecule has 0 unspecified atom stereocenters. The van der Waals surface area contributed by atoms with Gasteiger partial charge in [-0.2, -0.15) is 0 Å². The minimum absolute atomic E-state index is 0.0591. The fourth-order valence-electron chi connectivity index (χ4n) is 3.27. The Balaban J connectivity index is 2.05. The molecule has 3 aromatic heterocycles. The van der Waals surface area contributed by atoms with Crippen LogP contribution in [-0.4, -0.2) is 26.4 Å². The highest BCUT2D eigenvalue weighted by molar-refractivity contribution is 6.31. The molecule has 1 amide bonds. The summed E-state index contributed by atoms with van der Waals surface area (Å²) in [5.41, 5.74) is 1.21. The number of rotatable bonds is 5. The predicted octanol–water partition coefficient (Wildman–Crippen LogP) is 2.75. The highest BCUT2D eigenvalue weighted by Crippen LogP contribution is 2.18. The lowest BCUT2D eigenvalue weighted by Gasteiger charge is -2.15. The van der Waals surface area contributed by atoms with Crippen LogP contribution in [0.5, 0.6) is 0 Å². The largest absolute Gasteiger partial charge is 0.348 e. The third kappa shape index (κ3) is 3.40. The van der Waals surface area contributed by atoms with Crippen molar-refractivity contribution in [2.24, 2.45) is 0 Å². The molecule has 150 valence electrons. The van der Waals surface area contributed by atoms with Gasteiger partial charge in [0.25, 0.3) is 11.5 Å². The van der Waals surface area contributed by atoms with E-state index in [-0.39, 0.29) is 35.1 Å². The van der Waals surface area contributed by atoms with Crippen LogP contribution >= 0.6 is 11.6 Å². The van der Waals surface area contributed by atoms with E-state index in [0.29, 0.717) is 16.3 Å². The van der Waals surface area contributed by atoms with E-state index in [4.69, 9.17) is 17.0 Å². The van der Waals surface area contributed by atoms with E-state index in [1.54, 1.807) is 36.5 Å². The fourth-order valence-corrected chi connectivity index (χ4v) is 3.47. The molecule has 0 saturated carbocycles. The Morgan fingerprint density at radius 2 is 2.00 bits per heavy atom. The van der Waals surface area contributed by atoms with Gasteiger partial charge in [-0.1, -0.05) is 41.9 Å². The van der Waals surface area contributed by atoms with Gasteiger partial charge in [0.2, 0.25) is 0 Å². The topological polar surface area (TPSA) is 92.2 Å². The third-order valence-corrected chi connectivity index (χ3v) is 5.12. The Morgan fingerprint density at radius 1 is 1.23 bits per heavy atom. The van der Waals surface area contributed by atoms with Crippen molar-refractivity contribution in [1.29, 1.82) is 5.41 Å². The molecule has 4 aromatic rings. The average Bonchev–Trinajstić information content (AvgIpc) is 2.75. The molecule has 0 fully saturated rings. The molecule has 0 radical (unpaired) electrons. The molecule has 4 rings (SSSR count). The summed E-state index contributed by atoms with van der Waals surface area (Å²) >= 11 is 6.32. The number of hydrogen-bond donors (Lipinski definition) is 2. The SMILES string of the molecule is C=CCNC(=O)c1cc2c(=O)n3ccccc3nc2n(Cc2ccccc2Cl)c1=N. The lowest BCUT2D eigenvalue weighted by Crippen LogP contribution is -2.35. The molecule has 2 N–H and O–H groups in total. The number of amides is 1. The van der Waals surface area contributed by atoms with Crippen LogP contribution in [0.1, 0.15) is 15.9 Å². The second kappa shape index (κ2) is 7.96. The molecule has 0 aliphatic carbocycles. The Morgan fingerprint density at radius 3 is 2.77 bits per heavy atom. The summed E-state index contributed by atoms with van der Waals surface area (Å²) in [5, 5.41) is 12.1. The zero-order chi connectivity index (χ0) is 21.3. The minimum atomic E-state index is -0.465. The standard InChI is InChI=1S/C22H18ClN5O2/c1-2-10-25-21(29)15-12-16-20(26-18-9-5-6-11-27(18)22(16)30)28(19(15)24)13-14-7-3-4-8-17(14)23/h2-9,11-12,24H,1,10,13H2,(H,25,29). The number of carbonyl (C=O) groups is 1. The second-order valence-corrected chi connectivity index (χ2v) is 7.07. The van der Waals surface area contributed by atoms with Gasteiger partial charge in [0, 0.05) is 17.8 Å². The first-order valence-corrected chi connectivity index (χ1v) is 9.61. The summed E-state index contributed by atoms with van der Waals surface area (Å²) in [6.07, 6.45) is 3.17. The molecular weight excluding hydrogens is 402 g/mol. The number of nitrogens with zero attached hydrogens (tertiary/aromatic N) is 3. The number of fused-ring (bicyclic) bond motifs is 2. The normalized spacial score (nSPS) is 11.0. The van der Waals surface area contributed by atoms with Gasteiger partial charge in [0.1, 0.15) is 16.8 Å². The number of pyridine rings is 2. The van der Waals surface area contributed by atoms with Crippen molar-refractivity contribution in [3.05, 3.63) is 99.4 Å². The van der Waals surface area contributed by atoms with E-state index in [1.807, 2.05) is 18.2 Å². The average molecular weight is 420 g/mol. The molecule has 1 aromatic carbocycles. The van der Waals surface area contributed by atoms with Crippen LogP contribution in [0.3, 0.4) is 0 Å². The molecule has 3 heterocycles. The zero-order valence-corrected chi connectivity index (χ0v) is 16.7. The van der Waals surface area contributed by atoms with Crippen LogP contribution in [0.2, 0.25) is 5.02 Å². The Kier molecular flexibility index (Phi) is 5.20. The van der Waals surface area contributed by atoms with Crippen molar-refractivity contribution < 1.29 is 4.79 Å². The van der Waals surface area contributed by atoms with E-state index < -0.39 is 5.91 Å². The van der Waals surface area contributed by atoms with Gasteiger partial charge >= 0.3 is 0 Å². The highest BCUT2D eigenvalue weighted by Gasteiger charge is 2.18. The van der Waals surface area contributed by atoms with Gasteiger partial charge < -0.3 is 9.88 Å². The van der Waals surface area contributed by atoms with Crippen molar-refractivity contribution in [2.75, 3.05) is 6.54 Å². The zero-order valence-electron chi connectivity index (χ0n) is 15.9. The Labute approximate surface area is 176 Å². The first-order valence-electron chi connectivity index (χ1n) is 9.23. The lowest BCUT2D eigenvalue weighted by molar-refractivity contribution is 0.0955. The fraction of sp³-hybridized carbons (Fsp3) is 0.0909. The van der Waals surface area contributed by atoms with Crippen LogP contribution in [-0.2, 0) is 6.54 Å². The first kappa shape index (κ1) is 19.6. The van der Waals surface area contributed by atoms with Crippen LogP contribution < -0.4 is 16.4 Å². The van der Waals surface area contributed by atoms with Crippen LogP contribution in [0.25, 0.3) is 16.7 Å². The van der Waals surface area contributed by atoms with Crippen molar-refractivity contribution in [3.8, 4) is 0 Å². The smallest absolute Gasteiger partial charge is 0.267 e. The summed E-state index contributed by atoms with van der Waals surface area (Å²) in [6, 6.07) is 13.9. The van der Waals surface area contributed by atoms with Crippen molar-refractivity contribution in [2.45, 2.75) is 6.54 Å². The summed E-state index contributed by atoms with van der Waals surface area (Å²) in [4.78, 5) is 30.4. The summed E-state index contributed by atoms with van der Waals surface area (Å²) in [6.45, 7) is 4.02. The van der Waals surface area contributed by atoms with Crippen molar-refractivity contribution in [3.63, 3.8) is 0 Å². The van der Waals surface area contributed by atoms with Gasteiger partial charge in [-0.3, -0.25) is 19.4 Å². The van der Waals surface area contributed by atoms with Crippen LogP contribution in [0.15, 0.2) is 72.2 Å². The van der Waals surface area contributed by atoms with E-state index in [9.17, 15) is 9.59 Å². The molecule has 0 aliphatic heterocycles. The van der Waals surface area contributed by atoms with E-state index >= 15 is 0 Å². The van der Waals surface area contributed by atoms with Gasteiger partial charge in [0.05, 0.1) is 17.5 Å².